The van der Waals surface area contributed by atoms with Crippen LogP contribution in [-0.4, -0.2) is 28.7 Å². The van der Waals surface area contributed by atoms with Gasteiger partial charge in [0, 0.05) is 33.9 Å². The third-order valence-electron chi connectivity index (χ3n) is 5.48. The van der Waals surface area contributed by atoms with Crippen molar-refractivity contribution in [3.8, 4) is 10.4 Å². The Balaban J connectivity index is 1.72. The molecule has 3 aromatic heterocycles. The number of pyridine rings is 2. The lowest BCUT2D eigenvalue weighted by atomic mass is 10.1. The SMILES string of the molecule is CCc1cc(-c2ccc(S(=O)(=O)N(C3CC3)C(C)c3ccccn3)s2)c(C)[nH]c1=O. The average molecular weight is 444 g/mol. The van der Waals surface area contributed by atoms with Crippen LogP contribution in [0.25, 0.3) is 10.4 Å². The minimum atomic E-state index is -3.67. The van der Waals surface area contributed by atoms with E-state index >= 15 is 0 Å². The molecule has 1 unspecified atom stereocenters. The van der Waals surface area contributed by atoms with Crippen molar-refractivity contribution in [2.24, 2.45) is 0 Å². The Morgan fingerprint density at radius 3 is 2.67 bits per heavy atom. The molecule has 8 heteroatoms. The molecule has 6 nitrogen and oxygen atoms in total. The van der Waals surface area contributed by atoms with Crippen LogP contribution in [0, 0.1) is 6.92 Å². The van der Waals surface area contributed by atoms with Gasteiger partial charge >= 0.3 is 0 Å². The van der Waals surface area contributed by atoms with E-state index < -0.39 is 10.0 Å². The molecular weight excluding hydrogens is 418 g/mol. The minimum Gasteiger partial charge on any atom is -0.326 e. The summed E-state index contributed by atoms with van der Waals surface area (Å²) in [4.78, 5) is 20.1. The maximum absolute atomic E-state index is 13.6. The van der Waals surface area contributed by atoms with Crippen molar-refractivity contribution in [2.75, 3.05) is 0 Å². The largest absolute Gasteiger partial charge is 0.326 e. The van der Waals surface area contributed by atoms with Crippen LogP contribution in [-0.2, 0) is 16.4 Å². The molecule has 3 aromatic rings. The molecule has 1 N–H and O–H groups in total. The third kappa shape index (κ3) is 3.87. The highest BCUT2D eigenvalue weighted by molar-refractivity contribution is 7.91. The molecule has 4 rings (SSSR count). The molecule has 3 heterocycles. The molecule has 0 aliphatic heterocycles. The second-order valence-electron chi connectivity index (χ2n) is 7.63. The van der Waals surface area contributed by atoms with Gasteiger partial charge in [0.1, 0.15) is 4.21 Å². The van der Waals surface area contributed by atoms with Crippen LogP contribution in [0.5, 0.6) is 0 Å². The van der Waals surface area contributed by atoms with Gasteiger partial charge in [-0.2, -0.15) is 4.31 Å². The Kier molecular flexibility index (Phi) is 5.65. The van der Waals surface area contributed by atoms with Gasteiger partial charge in [-0.1, -0.05) is 13.0 Å². The maximum atomic E-state index is 13.6. The quantitative estimate of drug-likeness (QED) is 0.591. The summed E-state index contributed by atoms with van der Waals surface area (Å²) in [6.45, 7) is 5.66. The zero-order valence-electron chi connectivity index (χ0n) is 17.3. The van der Waals surface area contributed by atoms with E-state index in [-0.39, 0.29) is 17.6 Å². The topological polar surface area (TPSA) is 83.1 Å². The van der Waals surface area contributed by atoms with Gasteiger partial charge < -0.3 is 4.98 Å². The lowest BCUT2D eigenvalue weighted by Gasteiger charge is -2.27. The fraction of sp³-hybridized carbons (Fsp3) is 0.364. The van der Waals surface area contributed by atoms with Crippen LogP contribution in [0.2, 0.25) is 0 Å². The summed E-state index contributed by atoms with van der Waals surface area (Å²) in [7, 11) is -3.67. The Morgan fingerprint density at radius 2 is 2.03 bits per heavy atom. The fourth-order valence-electron chi connectivity index (χ4n) is 3.70. The Morgan fingerprint density at radius 1 is 1.27 bits per heavy atom. The smallest absolute Gasteiger partial charge is 0.253 e. The average Bonchev–Trinajstić information content (AvgIpc) is 3.42. The number of aromatic amines is 1. The van der Waals surface area contributed by atoms with Crippen molar-refractivity contribution in [3.05, 3.63) is 69.9 Å². The highest BCUT2D eigenvalue weighted by Crippen LogP contribution is 2.41. The number of thiophene rings is 1. The summed E-state index contributed by atoms with van der Waals surface area (Å²) in [6, 6.07) is 10.6. The number of rotatable bonds is 7. The predicted molar refractivity (Wildman–Crippen MR) is 119 cm³/mol. The van der Waals surface area contributed by atoms with Crippen molar-refractivity contribution >= 4 is 21.4 Å². The number of sulfonamides is 1. The van der Waals surface area contributed by atoms with Gasteiger partial charge in [0.15, 0.2) is 0 Å². The molecule has 1 aliphatic rings. The van der Waals surface area contributed by atoms with Gasteiger partial charge in [0.25, 0.3) is 15.6 Å². The maximum Gasteiger partial charge on any atom is 0.253 e. The summed E-state index contributed by atoms with van der Waals surface area (Å²) in [5.74, 6) is 0. The van der Waals surface area contributed by atoms with E-state index in [4.69, 9.17) is 0 Å². The van der Waals surface area contributed by atoms with Crippen molar-refractivity contribution < 1.29 is 8.42 Å². The van der Waals surface area contributed by atoms with Crippen molar-refractivity contribution in [1.29, 1.82) is 0 Å². The lowest BCUT2D eigenvalue weighted by Crippen LogP contribution is -2.35. The van der Waals surface area contributed by atoms with Crippen LogP contribution >= 0.6 is 11.3 Å². The number of nitrogens with zero attached hydrogens (tertiary/aromatic N) is 2. The van der Waals surface area contributed by atoms with Gasteiger partial charge in [-0.25, -0.2) is 8.42 Å². The first-order valence-corrected chi connectivity index (χ1v) is 12.4. The number of nitrogens with one attached hydrogen (secondary N) is 1. The lowest BCUT2D eigenvalue weighted by molar-refractivity contribution is 0.329. The molecule has 0 radical (unpaired) electrons. The van der Waals surface area contributed by atoms with Gasteiger partial charge in [-0.3, -0.25) is 9.78 Å². The molecule has 0 saturated heterocycles. The molecule has 0 spiro atoms. The van der Waals surface area contributed by atoms with Gasteiger partial charge in [-0.05, 0) is 63.4 Å². The van der Waals surface area contributed by atoms with Gasteiger partial charge in [0.2, 0.25) is 0 Å². The second kappa shape index (κ2) is 8.09. The summed E-state index contributed by atoms with van der Waals surface area (Å²) in [6.07, 6.45) is 4.05. The van der Waals surface area contributed by atoms with Gasteiger partial charge in [-0.15, -0.1) is 11.3 Å². The number of hydrogen-bond acceptors (Lipinski definition) is 5. The third-order valence-corrected chi connectivity index (χ3v) is 9.09. The Hall–Kier alpha value is -2.29. The Bertz CT molecular complexity index is 1210. The van der Waals surface area contributed by atoms with E-state index in [1.54, 1.807) is 16.6 Å². The van der Waals surface area contributed by atoms with E-state index in [1.165, 1.54) is 11.3 Å². The van der Waals surface area contributed by atoms with Gasteiger partial charge in [0.05, 0.1) is 11.7 Å². The molecule has 0 amide bonds. The zero-order chi connectivity index (χ0) is 21.5. The van der Waals surface area contributed by atoms with E-state index in [2.05, 4.69) is 9.97 Å². The summed E-state index contributed by atoms with van der Waals surface area (Å²) in [5.41, 5.74) is 2.95. The number of aryl methyl sites for hydroxylation is 2. The first-order chi connectivity index (χ1) is 14.3. The highest BCUT2D eigenvalue weighted by atomic mass is 32.2. The van der Waals surface area contributed by atoms with Crippen LogP contribution in [0.3, 0.4) is 0 Å². The molecule has 1 saturated carbocycles. The minimum absolute atomic E-state index is 0.0130. The molecule has 1 aliphatic carbocycles. The standard InChI is InChI=1S/C22H25N3O3S2/c1-4-16-13-18(14(2)24-22(16)26)20-10-11-21(29-20)30(27,28)25(17-8-9-17)15(3)19-7-5-6-12-23-19/h5-7,10-13,15,17H,4,8-9H2,1-3H3,(H,24,26). The first-order valence-electron chi connectivity index (χ1n) is 10.1. The molecule has 0 aromatic carbocycles. The fourth-order valence-corrected chi connectivity index (χ4v) is 7.03. The zero-order valence-corrected chi connectivity index (χ0v) is 18.9. The second-order valence-corrected chi connectivity index (χ2v) is 10.8. The summed E-state index contributed by atoms with van der Waals surface area (Å²) < 4.78 is 29.1. The van der Waals surface area contributed by atoms with Crippen molar-refractivity contribution in [1.82, 2.24) is 14.3 Å². The number of aromatic nitrogens is 2. The molecule has 1 fully saturated rings. The summed E-state index contributed by atoms with van der Waals surface area (Å²) >= 11 is 1.25. The van der Waals surface area contributed by atoms with Crippen LogP contribution in [0.15, 0.2) is 51.6 Å². The normalized spacial score (nSPS) is 15.5. The Labute approximate surface area is 180 Å². The molecule has 158 valence electrons. The number of hydrogen-bond donors (Lipinski definition) is 1. The van der Waals surface area contributed by atoms with E-state index in [0.29, 0.717) is 16.2 Å². The van der Waals surface area contributed by atoms with Crippen LogP contribution < -0.4 is 5.56 Å². The first kappa shape index (κ1) is 21.0. The van der Waals surface area contributed by atoms with Crippen molar-refractivity contribution in [2.45, 2.75) is 56.3 Å². The number of H-pyrrole nitrogens is 1. The monoisotopic (exact) mass is 443 g/mol. The van der Waals surface area contributed by atoms with Crippen LogP contribution in [0.4, 0.5) is 0 Å². The van der Waals surface area contributed by atoms with E-state index in [1.807, 2.05) is 51.1 Å². The van der Waals surface area contributed by atoms with E-state index in [9.17, 15) is 13.2 Å². The molecule has 30 heavy (non-hydrogen) atoms. The molecule has 0 bridgehead atoms. The molecule has 1 atom stereocenters. The summed E-state index contributed by atoms with van der Waals surface area (Å²) in [5, 5.41) is 0. The molecular formula is C22H25N3O3S2. The van der Waals surface area contributed by atoms with Crippen molar-refractivity contribution in [3.63, 3.8) is 0 Å². The van der Waals surface area contributed by atoms with E-state index in [0.717, 1.165) is 34.7 Å². The highest BCUT2D eigenvalue weighted by Gasteiger charge is 2.42. The predicted octanol–water partition coefficient (Wildman–Crippen LogP) is 4.28. The van der Waals surface area contributed by atoms with Crippen LogP contribution in [0.1, 0.15) is 49.7 Å².